The first kappa shape index (κ1) is 26.1. The molecule has 0 saturated carbocycles. The molecule has 0 aliphatic carbocycles. The van der Waals surface area contributed by atoms with Gasteiger partial charge in [0.15, 0.2) is 0 Å². The molecule has 0 saturated heterocycles. The summed E-state index contributed by atoms with van der Waals surface area (Å²) in [5.41, 5.74) is 0.180. The maximum absolute atomic E-state index is 13.6. The van der Waals surface area contributed by atoms with Crippen LogP contribution in [0.15, 0.2) is 42.0 Å². The fourth-order valence-corrected chi connectivity index (χ4v) is 3.83. The summed E-state index contributed by atoms with van der Waals surface area (Å²) in [6, 6.07) is 6.80. The number of carbonyl (C=O) groups excluding carboxylic acids is 2. The second-order valence-electron chi connectivity index (χ2n) is 8.56. The molecule has 0 aliphatic heterocycles. The molecule has 0 fully saturated rings. The lowest BCUT2D eigenvalue weighted by Crippen LogP contribution is -2.49. The summed E-state index contributed by atoms with van der Waals surface area (Å²) in [5, 5.41) is 15.7. The van der Waals surface area contributed by atoms with E-state index >= 15 is 0 Å². The minimum absolute atomic E-state index is 0.232. The Morgan fingerprint density at radius 1 is 1.18 bits per heavy atom. The van der Waals surface area contributed by atoms with E-state index in [0.29, 0.717) is 32.4 Å². The van der Waals surface area contributed by atoms with E-state index in [1.165, 1.54) is 0 Å². The van der Waals surface area contributed by atoms with Crippen molar-refractivity contribution in [2.24, 2.45) is 0 Å². The van der Waals surface area contributed by atoms with Crippen molar-refractivity contribution in [1.82, 2.24) is 20.5 Å². The Bertz CT molecular complexity index is 884. The highest BCUT2D eigenvalue weighted by Crippen LogP contribution is 2.17. The number of hydrogen-bond acceptors (Lipinski definition) is 6. The van der Waals surface area contributed by atoms with Crippen LogP contribution in [-0.4, -0.2) is 51.3 Å². The number of thiophene rings is 1. The fourth-order valence-electron chi connectivity index (χ4n) is 3.11. The number of carboxylic acid groups (broad SMARTS) is 1. The predicted octanol–water partition coefficient (Wildman–Crippen LogP) is 4.00. The number of pyridine rings is 1. The smallest absolute Gasteiger partial charge is 0.408 e. The molecular weight excluding hydrogens is 444 g/mol. The molecule has 2 aromatic heterocycles. The molecule has 33 heavy (non-hydrogen) atoms. The van der Waals surface area contributed by atoms with Gasteiger partial charge in [-0.3, -0.25) is 9.78 Å². The van der Waals surface area contributed by atoms with Crippen LogP contribution in [0.1, 0.15) is 50.5 Å². The van der Waals surface area contributed by atoms with Gasteiger partial charge in [0, 0.05) is 30.4 Å². The third-order valence-corrected chi connectivity index (χ3v) is 5.38. The Morgan fingerprint density at radius 2 is 1.97 bits per heavy atom. The topological polar surface area (TPSA) is 121 Å². The monoisotopic (exact) mass is 476 g/mol. The fraction of sp³-hybridized carbons (Fsp3) is 0.478. The molecule has 0 aromatic carbocycles. The highest BCUT2D eigenvalue weighted by atomic mass is 32.1. The van der Waals surface area contributed by atoms with Crippen LogP contribution in [0.25, 0.3) is 0 Å². The van der Waals surface area contributed by atoms with Crippen molar-refractivity contribution < 1.29 is 24.2 Å². The van der Waals surface area contributed by atoms with Gasteiger partial charge in [-0.2, -0.15) is 0 Å². The first-order chi connectivity index (χ1) is 15.6. The van der Waals surface area contributed by atoms with Gasteiger partial charge < -0.3 is 25.4 Å². The van der Waals surface area contributed by atoms with Gasteiger partial charge in [-0.1, -0.05) is 12.1 Å². The first-order valence-electron chi connectivity index (χ1n) is 10.8. The SMILES string of the molecule is CC(C)(C)OC(=O)N[C@@H](CCCCNC(=O)O)C(=O)N(Cc1cccnc1)Cc1cccs1. The number of nitrogens with one attached hydrogen (secondary N) is 2. The summed E-state index contributed by atoms with van der Waals surface area (Å²) < 4.78 is 5.36. The Kier molecular flexibility index (Phi) is 10.1. The van der Waals surface area contributed by atoms with Crippen molar-refractivity contribution in [2.45, 2.75) is 64.8 Å². The Morgan fingerprint density at radius 3 is 2.58 bits per heavy atom. The number of unbranched alkanes of at least 4 members (excludes halogenated alkanes) is 1. The van der Waals surface area contributed by atoms with Crippen molar-refractivity contribution in [3.63, 3.8) is 0 Å². The zero-order chi connectivity index (χ0) is 24.3. The average Bonchev–Trinajstić information content (AvgIpc) is 3.24. The lowest BCUT2D eigenvalue weighted by Gasteiger charge is -2.29. The molecular formula is C23H32N4O5S. The minimum atomic E-state index is -1.09. The van der Waals surface area contributed by atoms with Gasteiger partial charge in [0.05, 0.1) is 6.54 Å². The zero-order valence-corrected chi connectivity index (χ0v) is 20.1. The molecule has 10 heteroatoms. The van der Waals surface area contributed by atoms with Gasteiger partial charge >= 0.3 is 12.2 Å². The Hall–Kier alpha value is -3.14. The van der Waals surface area contributed by atoms with Crippen LogP contribution in [0.3, 0.4) is 0 Å². The zero-order valence-electron chi connectivity index (χ0n) is 19.2. The number of ether oxygens (including phenoxy) is 1. The van der Waals surface area contributed by atoms with Gasteiger partial charge in [-0.15, -0.1) is 11.3 Å². The molecule has 2 aromatic rings. The molecule has 9 nitrogen and oxygen atoms in total. The van der Waals surface area contributed by atoms with E-state index in [9.17, 15) is 14.4 Å². The number of nitrogens with zero attached hydrogens (tertiary/aromatic N) is 2. The summed E-state index contributed by atoms with van der Waals surface area (Å²) in [6.07, 6.45) is 3.07. The molecule has 0 radical (unpaired) electrons. The molecule has 0 aliphatic rings. The van der Waals surface area contributed by atoms with Crippen LogP contribution in [0.5, 0.6) is 0 Å². The largest absolute Gasteiger partial charge is 0.465 e. The average molecular weight is 477 g/mol. The standard InChI is InChI=1S/C23H32N4O5S/c1-23(2,3)32-22(31)26-19(10-4-5-12-25-21(29)30)20(28)27(16-18-9-7-13-33-18)15-17-8-6-11-24-14-17/h6-9,11,13-14,19,25H,4-5,10,12,15-16H2,1-3H3,(H,26,31)(H,29,30)/t19-/m0/s1. The molecule has 3 amide bonds. The third kappa shape index (κ3) is 10.3. The number of carbonyl (C=O) groups is 3. The minimum Gasteiger partial charge on any atom is -0.465 e. The number of rotatable bonds is 11. The maximum atomic E-state index is 13.6. The van der Waals surface area contributed by atoms with Crippen molar-refractivity contribution in [1.29, 1.82) is 0 Å². The lowest BCUT2D eigenvalue weighted by molar-refractivity contribution is -0.135. The van der Waals surface area contributed by atoms with Gasteiger partial charge in [0.1, 0.15) is 11.6 Å². The van der Waals surface area contributed by atoms with Crippen LogP contribution >= 0.6 is 11.3 Å². The lowest BCUT2D eigenvalue weighted by atomic mass is 10.1. The number of hydrogen-bond donors (Lipinski definition) is 3. The Labute approximate surface area is 198 Å². The second kappa shape index (κ2) is 12.8. The molecule has 180 valence electrons. The molecule has 2 rings (SSSR count). The molecule has 0 spiro atoms. The van der Waals surface area contributed by atoms with Crippen LogP contribution in [0.2, 0.25) is 0 Å². The predicted molar refractivity (Wildman–Crippen MR) is 126 cm³/mol. The number of amides is 3. The van der Waals surface area contributed by atoms with Crippen LogP contribution < -0.4 is 10.6 Å². The van der Waals surface area contributed by atoms with E-state index < -0.39 is 23.8 Å². The summed E-state index contributed by atoms with van der Waals surface area (Å²) in [6.45, 7) is 6.29. The van der Waals surface area contributed by atoms with E-state index in [-0.39, 0.29) is 12.5 Å². The van der Waals surface area contributed by atoms with E-state index in [2.05, 4.69) is 15.6 Å². The van der Waals surface area contributed by atoms with Crippen molar-refractivity contribution in [3.05, 3.63) is 52.5 Å². The van der Waals surface area contributed by atoms with Crippen molar-refractivity contribution >= 4 is 29.4 Å². The van der Waals surface area contributed by atoms with E-state index in [1.807, 2.05) is 29.6 Å². The molecule has 0 unspecified atom stereocenters. The molecule has 1 atom stereocenters. The van der Waals surface area contributed by atoms with E-state index in [4.69, 9.17) is 9.84 Å². The van der Waals surface area contributed by atoms with Crippen LogP contribution in [-0.2, 0) is 22.6 Å². The van der Waals surface area contributed by atoms with Crippen LogP contribution in [0.4, 0.5) is 9.59 Å². The highest BCUT2D eigenvalue weighted by molar-refractivity contribution is 7.09. The molecule has 2 heterocycles. The van der Waals surface area contributed by atoms with Crippen molar-refractivity contribution in [3.8, 4) is 0 Å². The number of alkyl carbamates (subject to hydrolysis) is 1. The summed E-state index contributed by atoms with van der Waals surface area (Å²) >= 11 is 1.55. The van der Waals surface area contributed by atoms with Gasteiger partial charge in [0.2, 0.25) is 5.91 Å². The van der Waals surface area contributed by atoms with Crippen molar-refractivity contribution in [2.75, 3.05) is 6.54 Å². The molecule has 3 N–H and O–H groups in total. The second-order valence-corrected chi connectivity index (χ2v) is 9.59. The van der Waals surface area contributed by atoms with Gasteiger partial charge in [-0.05, 0) is 63.1 Å². The highest BCUT2D eigenvalue weighted by Gasteiger charge is 2.28. The summed E-state index contributed by atoms with van der Waals surface area (Å²) in [4.78, 5) is 43.5. The number of aromatic nitrogens is 1. The Balaban J connectivity index is 2.15. The third-order valence-electron chi connectivity index (χ3n) is 4.52. The quantitative estimate of drug-likeness (QED) is 0.422. The summed E-state index contributed by atoms with van der Waals surface area (Å²) in [5.74, 6) is -0.232. The molecule has 0 bridgehead atoms. The van der Waals surface area contributed by atoms with E-state index in [1.54, 1.807) is 49.4 Å². The summed E-state index contributed by atoms with van der Waals surface area (Å²) in [7, 11) is 0. The van der Waals surface area contributed by atoms with Crippen LogP contribution in [0, 0.1) is 0 Å². The van der Waals surface area contributed by atoms with Gasteiger partial charge in [-0.25, -0.2) is 9.59 Å². The maximum Gasteiger partial charge on any atom is 0.408 e. The first-order valence-corrected chi connectivity index (χ1v) is 11.7. The van der Waals surface area contributed by atoms with E-state index in [0.717, 1.165) is 10.4 Å². The van der Waals surface area contributed by atoms with Gasteiger partial charge in [0.25, 0.3) is 0 Å². The normalized spacial score (nSPS) is 12.0.